The number of hydrogen-bond acceptors (Lipinski definition) is 8. The minimum Gasteiger partial charge on any atom is -0.394 e. The Labute approximate surface area is 226 Å². The van der Waals surface area contributed by atoms with Crippen LogP contribution in [0.25, 0.3) is 0 Å². The van der Waals surface area contributed by atoms with Gasteiger partial charge in [0.05, 0.1) is 30.4 Å². The van der Waals surface area contributed by atoms with Crippen LogP contribution in [0.3, 0.4) is 0 Å². The molecule has 0 bridgehead atoms. The van der Waals surface area contributed by atoms with E-state index in [4.69, 9.17) is 10.8 Å². The second kappa shape index (κ2) is 12.9. The van der Waals surface area contributed by atoms with E-state index in [0.717, 1.165) is 4.90 Å². The van der Waals surface area contributed by atoms with Crippen LogP contribution in [0.2, 0.25) is 0 Å². The highest BCUT2D eigenvalue weighted by Crippen LogP contribution is 2.33. The fraction of sp³-hybridized carbons (Fsp3) is 0.500. The summed E-state index contributed by atoms with van der Waals surface area (Å²) in [6.07, 6.45) is -6.33. The van der Waals surface area contributed by atoms with Gasteiger partial charge in [-0.1, -0.05) is 0 Å². The van der Waals surface area contributed by atoms with Crippen molar-refractivity contribution in [1.82, 2.24) is 4.90 Å². The highest BCUT2D eigenvalue weighted by atomic mass is 127. The van der Waals surface area contributed by atoms with Crippen molar-refractivity contribution in [3.05, 3.63) is 25.4 Å². The molecule has 30 heavy (non-hydrogen) atoms. The van der Waals surface area contributed by atoms with Gasteiger partial charge in [0, 0.05) is 27.4 Å². The molecule has 170 valence electrons. The summed E-state index contributed by atoms with van der Waals surface area (Å²) in [6, 6.07) is 0. The van der Waals surface area contributed by atoms with Crippen LogP contribution in [0, 0.1) is 14.3 Å². The van der Waals surface area contributed by atoms with Gasteiger partial charge >= 0.3 is 0 Å². The molecule has 0 saturated carbocycles. The minimum atomic E-state index is -1.74. The topological polar surface area (TPSA) is 185 Å². The van der Waals surface area contributed by atoms with Crippen molar-refractivity contribution in [1.29, 1.82) is 0 Å². The van der Waals surface area contributed by atoms with Crippen LogP contribution in [-0.4, -0.2) is 98.1 Å². The Hall–Kier alpha value is 0.840. The number of nitrogens with two attached hydrogens (primary N) is 1. The summed E-state index contributed by atoms with van der Waals surface area (Å²) in [5.41, 5.74) is 5.91. The molecule has 0 saturated heterocycles. The maximum absolute atomic E-state index is 13.3. The first-order valence-corrected chi connectivity index (χ1v) is 12.6. The highest BCUT2D eigenvalue weighted by molar-refractivity contribution is 14.1. The maximum Gasteiger partial charge on any atom is 0.256 e. The molecule has 0 heterocycles. The number of hydrogen-bond donors (Lipinski definition) is 7. The van der Waals surface area contributed by atoms with Gasteiger partial charge in [-0.2, -0.15) is 0 Å². The number of primary amides is 1. The van der Waals surface area contributed by atoms with Gasteiger partial charge in [-0.15, -0.1) is 0 Å². The summed E-state index contributed by atoms with van der Waals surface area (Å²) in [5.74, 6) is -1.28. The normalized spacial score (nSPS) is 15.4. The first-order chi connectivity index (χ1) is 13.9. The smallest absolute Gasteiger partial charge is 0.256 e. The zero-order valence-corrected chi connectivity index (χ0v) is 23.8. The van der Waals surface area contributed by atoms with Crippen molar-refractivity contribution in [3.63, 3.8) is 0 Å². The molecule has 0 aliphatic carbocycles. The van der Waals surface area contributed by atoms with Crippen LogP contribution in [0.5, 0.6) is 0 Å². The van der Waals surface area contributed by atoms with E-state index in [1.165, 1.54) is 0 Å². The van der Waals surface area contributed by atoms with Crippen molar-refractivity contribution in [2.45, 2.75) is 24.4 Å². The van der Waals surface area contributed by atoms with Crippen molar-refractivity contribution in [2.75, 3.05) is 26.3 Å². The Morgan fingerprint density at radius 3 is 1.67 bits per heavy atom. The molecule has 4 unspecified atom stereocenters. The average Bonchev–Trinajstić information content (AvgIpc) is 2.70. The summed E-state index contributed by atoms with van der Waals surface area (Å²) < 4.78 is 1.80. The monoisotopic (exact) mass is 876 g/mol. The van der Waals surface area contributed by atoms with Gasteiger partial charge in [-0.25, -0.2) is 0 Å². The van der Waals surface area contributed by atoms with Crippen molar-refractivity contribution in [3.8, 4) is 0 Å². The molecule has 14 heteroatoms. The van der Waals surface area contributed by atoms with Gasteiger partial charge in [-0.05, 0) is 90.4 Å². The quantitative estimate of drug-likeness (QED) is 0.116. The predicted molar refractivity (Wildman–Crippen MR) is 140 cm³/mol. The average molecular weight is 876 g/mol. The SMILES string of the molecule is NC(=O)c1c(I)c(I)c(C(=O)N(CC(O)CO)CC(O)C(O)C(O)CO)c(I)c1I. The summed E-state index contributed by atoms with van der Waals surface area (Å²) in [4.78, 5) is 26.1. The van der Waals surface area contributed by atoms with Crippen LogP contribution in [0.1, 0.15) is 20.7 Å². The molecule has 10 nitrogen and oxygen atoms in total. The Balaban J connectivity index is 3.42. The van der Waals surface area contributed by atoms with E-state index in [2.05, 4.69) is 0 Å². The first-order valence-electron chi connectivity index (χ1n) is 8.27. The third-order valence-electron chi connectivity index (χ3n) is 4.04. The molecule has 0 fully saturated rings. The number of halogens is 4. The molecule has 0 aromatic heterocycles. The number of nitrogens with zero attached hydrogens (tertiary/aromatic N) is 1. The minimum absolute atomic E-state index is 0.199. The van der Waals surface area contributed by atoms with E-state index in [9.17, 15) is 35.1 Å². The number of aliphatic hydroxyl groups excluding tert-OH is 6. The molecular weight excluding hydrogens is 856 g/mol. The number of carbonyl (C=O) groups excluding carboxylic acids is 2. The number of carbonyl (C=O) groups is 2. The molecule has 1 aromatic rings. The molecule has 4 atom stereocenters. The summed E-state index contributed by atoms with van der Waals surface area (Å²) in [6.45, 7) is -2.31. The molecule has 1 aromatic carbocycles. The number of rotatable bonds is 10. The van der Waals surface area contributed by atoms with E-state index in [0.29, 0.717) is 14.3 Å². The standard InChI is InChI=1S/C16H20I4N2O8/c17-10-8(15(21)29)11(18)13(20)9(12(10)19)16(30)22(1-5(25)3-23)2-6(26)14(28)7(27)4-24/h5-7,14,23-28H,1-4H2,(H2,21,29). The lowest BCUT2D eigenvalue weighted by molar-refractivity contribution is -0.0838. The maximum atomic E-state index is 13.3. The lowest BCUT2D eigenvalue weighted by Crippen LogP contribution is -2.49. The van der Waals surface area contributed by atoms with E-state index in [1.54, 1.807) is 0 Å². The van der Waals surface area contributed by atoms with Gasteiger partial charge in [0.1, 0.15) is 18.3 Å². The highest BCUT2D eigenvalue weighted by Gasteiger charge is 2.32. The third-order valence-corrected chi connectivity index (χ3v) is 10.4. The molecule has 1 rings (SSSR count). The first kappa shape index (κ1) is 28.9. The Kier molecular flexibility index (Phi) is 12.4. The Bertz CT molecular complexity index is 768. The summed E-state index contributed by atoms with van der Waals surface area (Å²) in [7, 11) is 0. The zero-order valence-electron chi connectivity index (χ0n) is 15.2. The van der Waals surface area contributed by atoms with E-state index in [1.807, 2.05) is 90.4 Å². The lowest BCUT2D eigenvalue weighted by atomic mass is 10.1. The van der Waals surface area contributed by atoms with E-state index < -0.39 is 56.0 Å². The second-order valence-corrected chi connectivity index (χ2v) is 10.5. The molecule has 2 amide bonds. The van der Waals surface area contributed by atoms with Crippen molar-refractivity contribution < 1.29 is 40.2 Å². The Morgan fingerprint density at radius 2 is 1.27 bits per heavy atom. The van der Waals surface area contributed by atoms with Crippen molar-refractivity contribution in [2.24, 2.45) is 5.73 Å². The number of benzene rings is 1. The fourth-order valence-corrected chi connectivity index (χ4v) is 6.63. The van der Waals surface area contributed by atoms with E-state index in [-0.39, 0.29) is 17.7 Å². The summed E-state index contributed by atoms with van der Waals surface area (Å²) >= 11 is 7.59. The lowest BCUT2D eigenvalue weighted by Gasteiger charge is -2.31. The van der Waals surface area contributed by atoms with Gasteiger partial charge in [0.25, 0.3) is 11.8 Å². The van der Waals surface area contributed by atoms with Crippen LogP contribution in [-0.2, 0) is 0 Å². The molecule has 0 spiro atoms. The zero-order chi connectivity index (χ0) is 23.3. The summed E-state index contributed by atoms with van der Waals surface area (Å²) in [5, 5.41) is 57.6. The van der Waals surface area contributed by atoms with Crippen LogP contribution >= 0.6 is 90.4 Å². The molecule has 8 N–H and O–H groups in total. The Morgan fingerprint density at radius 1 is 0.800 bits per heavy atom. The number of aliphatic hydroxyl groups is 6. The van der Waals surface area contributed by atoms with Gasteiger partial charge in [0.2, 0.25) is 0 Å². The fourth-order valence-electron chi connectivity index (χ4n) is 2.44. The molecule has 0 radical (unpaired) electrons. The van der Waals surface area contributed by atoms with E-state index >= 15 is 0 Å². The molecule has 0 aliphatic rings. The van der Waals surface area contributed by atoms with Gasteiger partial charge < -0.3 is 41.3 Å². The van der Waals surface area contributed by atoms with Crippen LogP contribution in [0.4, 0.5) is 0 Å². The molecule has 0 aliphatic heterocycles. The van der Waals surface area contributed by atoms with Crippen LogP contribution in [0.15, 0.2) is 0 Å². The van der Waals surface area contributed by atoms with Gasteiger partial charge in [-0.3, -0.25) is 9.59 Å². The van der Waals surface area contributed by atoms with Crippen molar-refractivity contribution >= 4 is 102 Å². The predicted octanol–water partition coefficient (Wildman–Crippen LogP) is -0.926. The molecular formula is C16H20I4N2O8. The largest absolute Gasteiger partial charge is 0.394 e. The second-order valence-electron chi connectivity index (χ2n) is 6.22. The third kappa shape index (κ3) is 6.92. The van der Waals surface area contributed by atoms with Crippen LogP contribution < -0.4 is 5.73 Å². The van der Waals surface area contributed by atoms with Gasteiger partial charge in [0.15, 0.2) is 0 Å². The number of amides is 2.